The standard InChI is InChI=1S/C14H10INO2/c15-12-7-14-13(17-9-18-14)6-11(12)4-3-10-2-1-5-16-8-10/h1-8H,9H2/b4-3-. The van der Waals surface area contributed by atoms with Gasteiger partial charge in [-0.1, -0.05) is 18.2 Å². The lowest BCUT2D eigenvalue weighted by molar-refractivity contribution is 0.174. The molecule has 1 aliphatic heterocycles. The SMILES string of the molecule is Ic1cc2c(cc1/C=C\c1cccnc1)OCO2. The number of hydrogen-bond acceptors (Lipinski definition) is 3. The highest BCUT2D eigenvalue weighted by Crippen LogP contribution is 2.35. The van der Waals surface area contributed by atoms with Crippen LogP contribution >= 0.6 is 22.6 Å². The Labute approximate surface area is 119 Å². The first-order valence-corrected chi connectivity index (χ1v) is 6.58. The lowest BCUT2D eigenvalue weighted by atomic mass is 10.1. The number of halogens is 1. The van der Waals surface area contributed by atoms with Gasteiger partial charge in [-0.25, -0.2) is 0 Å². The van der Waals surface area contributed by atoms with Crippen LogP contribution in [0.2, 0.25) is 0 Å². The van der Waals surface area contributed by atoms with E-state index in [-0.39, 0.29) is 0 Å². The minimum absolute atomic E-state index is 0.307. The maximum absolute atomic E-state index is 5.37. The molecule has 0 radical (unpaired) electrons. The number of hydrogen-bond donors (Lipinski definition) is 0. The van der Waals surface area contributed by atoms with Crippen molar-refractivity contribution in [3.63, 3.8) is 0 Å². The van der Waals surface area contributed by atoms with Crippen LogP contribution in [0.1, 0.15) is 11.1 Å². The summed E-state index contributed by atoms with van der Waals surface area (Å²) in [4.78, 5) is 4.08. The molecule has 0 unspecified atom stereocenters. The number of fused-ring (bicyclic) bond motifs is 1. The van der Waals surface area contributed by atoms with E-state index in [1.54, 1.807) is 6.20 Å². The summed E-state index contributed by atoms with van der Waals surface area (Å²) in [5, 5.41) is 0. The second kappa shape index (κ2) is 4.97. The molecule has 0 atom stereocenters. The van der Waals surface area contributed by atoms with Crippen LogP contribution in [-0.4, -0.2) is 11.8 Å². The van der Waals surface area contributed by atoms with Gasteiger partial charge in [0, 0.05) is 16.0 Å². The van der Waals surface area contributed by atoms with Crippen molar-refractivity contribution in [3.8, 4) is 11.5 Å². The van der Waals surface area contributed by atoms with Crippen molar-refractivity contribution in [1.29, 1.82) is 0 Å². The van der Waals surface area contributed by atoms with Gasteiger partial charge in [-0.05, 0) is 51.9 Å². The third kappa shape index (κ3) is 2.33. The molecule has 0 N–H and O–H groups in total. The van der Waals surface area contributed by atoms with Gasteiger partial charge in [0.15, 0.2) is 11.5 Å². The summed E-state index contributed by atoms with van der Waals surface area (Å²) in [6, 6.07) is 7.93. The maximum Gasteiger partial charge on any atom is 0.231 e. The molecular weight excluding hydrogens is 341 g/mol. The number of nitrogens with zero attached hydrogens (tertiary/aromatic N) is 1. The van der Waals surface area contributed by atoms with Crippen molar-refractivity contribution < 1.29 is 9.47 Å². The molecule has 2 heterocycles. The third-order valence-corrected chi connectivity index (χ3v) is 3.57. The molecular formula is C14H10INO2. The van der Waals surface area contributed by atoms with Gasteiger partial charge < -0.3 is 9.47 Å². The molecule has 1 aliphatic rings. The van der Waals surface area contributed by atoms with E-state index in [0.717, 1.165) is 26.2 Å². The van der Waals surface area contributed by atoms with Gasteiger partial charge in [0.1, 0.15) is 0 Å². The van der Waals surface area contributed by atoms with Crippen molar-refractivity contribution in [3.05, 3.63) is 51.4 Å². The number of rotatable bonds is 2. The average Bonchev–Trinajstić information content (AvgIpc) is 2.84. The van der Waals surface area contributed by atoms with E-state index in [0.29, 0.717) is 6.79 Å². The predicted octanol–water partition coefficient (Wildman–Crippen LogP) is 3.59. The average molecular weight is 351 g/mol. The largest absolute Gasteiger partial charge is 0.454 e. The molecule has 0 bridgehead atoms. The minimum atomic E-state index is 0.307. The molecule has 1 aromatic heterocycles. The summed E-state index contributed by atoms with van der Waals surface area (Å²) in [5.74, 6) is 1.62. The van der Waals surface area contributed by atoms with Crippen molar-refractivity contribution in [2.24, 2.45) is 0 Å². The van der Waals surface area contributed by atoms with E-state index >= 15 is 0 Å². The molecule has 90 valence electrons. The zero-order valence-corrected chi connectivity index (χ0v) is 11.6. The summed E-state index contributed by atoms with van der Waals surface area (Å²) >= 11 is 2.29. The number of benzene rings is 1. The van der Waals surface area contributed by atoms with Crippen molar-refractivity contribution in [1.82, 2.24) is 4.98 Å². The Morgan fingerprint density at radius 3 is 2.78 bits per heavy atom. The quantitative estimate of drug-likeness (QED) is 0.775. The molecule has 1 aromatic carbocycles. The predicted molar refractivity (Wildman–Crippen MR) is 78.4 cm³/mol. The topological polar surface area (TPSA) is 31.4 Å². The highest BCUT2D eigenvalue weighted by atomic mass is 127. The summed E-state index contributed by atoms with van der Waals surface area (Å²) in [6.45, 7) is 0.307. The smallest absolute Gasteiger partial charge is 0.231 e. The van der Waals surface area contributed by atoms with Gasteiger partial charge in [-0.15, -0.1) is 0 Å². The third-order valence-electron chi connectivity index (χ3n) is 2.63. The van der Waals surface area contributed by atoms with Gasteiger partial charge in [-0.2, -0.15) is 0 Å². The molecule has 0 amide bonds. The first-order valence-electron chi connectivity index (χ1n) is 5.50. The first kappa shape index (κ1) is 11.5. The Bertz CT molecular complexity index is 596. The van der Waals surface area contributed by atoms with E-state index in [1.165, 1.54) is 0 Å². The molecule has 4 heteroatoms. The molecule has 0 fully saturated rings. The Hall–Kier alpha value is -1.56. The van der Waals surface area contributed by atoms with Gasteiger partial charge in [0.2, 0.25) is 6.79 Å². The molecule has 0 saturated carbocycles. The fourth-order valence-corrected chi connectivity index (χ4v) is 2.34. The molecule has 2 aromatic rings. The first-order chi connectivity index (χ1) is 8.83. The van der Waals surface area contributed by atoms with Crippen LogP contribution in [0.15, 0.2) is 36.7 Å². The Balaban J connectivity index is 1.91. The number of pyridine rings is 1. The van der Waals surface area contributed by atoms with Crippen LogP contribution in [0.5, 0.6) is 11.5 Å². The van der Waals surface area contributed by atoms with Crippen molar-refractivity contribution in [2.45, 2.75) is 0 Å². The molecule has 0 aliphatic carbocycles. The fraction of sp³-hybridized carbons (Fsp3) is 0.0714. The Kier molecular flexibility index (Phi) is 3.19. The summed E-state index contributed by atoms with van der Waals surface area (Å²) in [5.41, 5.74) is 2.19. The highest BCUT2D eigenvalue weighted by molar-refractivity contribution is 14.1. The van der Waals surface area contributed by atoms with Crippen LogP contribution in [0.25, 0.3) is 12.2 Å². The van der Waals surface area contributed by atoms with Crippen molar-refractivity contribution in [2.75, 3.05) is 6.79 Å². The molecule has 3 rings (SSSR count). The van der Waals surface area contributed by atoms with E-state index in [2.05, 4.69) is 33.7 Å². The Morgan fingerprint density at radius 1 is 1.17 bits per heavy atom. The lowest BCUT2D eigenvalue weighted by Crippen LogP contribution is -1.92. The van der Waals surface area contributed by atoms with Gasteiger partial charge in [-0.3, -0.25) is 4.98 Å². The number of ether oxygens (including phenoxy) is 2. The van der Waals surface area contributed by atoms with E-state index in [9.17, 15) is 0 Å². The van der Waals surface area contributed by atoms with E-state index < -0.39 is 0 Å². The fourth-order valence-electron chi connectivity index (χ4n) is 1.72. The summed E-state index contributed by atoms with van der Waals surface area (Å²) in [6.07, 6.45) is 7.69. The Morgan fingerprint density at radius 2 is 2.00 bits per heavy atom. The van der Waals surface area contributed by atoms with Crippen LogP contribution in [0, 0.1) is 3.57 Å². The number of aromatic nitrogens is 1. The summed E-state index contributed by atoms with van der Waals surface area (Å²) < 4.78 is 11.8. The molecule has 0 saturated heterocycles. The minimum Gasteiger partial charge on any atom is -0.454 e. The second-order valence-corrected chi connectivity index (χ2v) is 5.01. The molecule has 18 heavy (non-hydrogen) atoms. The summed E-state index contributed by atoms with van der Waals surface area (Å²) in [7, 11) is 0. The van der Waals surface area contributed by atoms with Gasteiger partial charge in [0.25, 0.3) is 0 Å². The highest BCUT2D eigenvalue weighted by Gasteiger charge is 2.14. The van der Waals surface area contributed by atoms with E-state index in [4.69, 9.17) is 9.47 Å². The lowest BCUT2D eigenvalue weighted by Gasteiger charge is -2.01. The van der Waals surface area contributed by atoms with Crippen LogP contribution in [-0.2, 0) is 0 Å². The second-order valence-electron chi connectivity index (χ2n) is 3.85. The van der Waals surface area contributed by atoms with Crippen LogP contribution < -0.4 is 9.47 Å². The zero-order valence-electron chi connectivity index (χ0n) is 9.47. The van der Waals surface area contributed by atoms with Crippen molar-refractivity contribution >= 4 is 34.7 Å². The molecule has 0 spiro atoms. The normalized spacial score (nSPS) is 13.2. The zero-order chi connectivity index (χ0) is 12.4. The maximum atomic E-state index is 5.37. The van der Waals surface area contributed by atoms with Gasteiger partial charge >= 0.3 is 0 Å². The van der Waals surface area contributed by atoms with Gasteiger partial charge in [0.05, 0.1) is 0 Å². The van der Waals surface area contributed by atoms with Crippen LogP contribution in [0.3, 0.4) is 0 Å². The van der Waals surface area contributed by atoms with E-state index in [1.807, 2.05) is 36.5 Å². The van der Waals surface area contributed by atoms with Crippen LogP contribution in [0.4, 0.5) is 0 Å². The molecule has 3 nitrogen and oxygen atoms in total. The monoisotopic (exact) mass is 351 g/mol.